The summed E-state index contributed by atoms with van der Waals surface area (Å²) in [5.74, 6) is 1.63. The van der Waals surface area contributed by atoms with Crippen LogP contribution in [0.25, 0.3) is 0 Å². The lowest BCUT2D eigenvalue weighted by Gasteiger charge is -2.26. The van der Waals surface area contributed by atoms with E-state index in [9.17, 15) is 0 Å². The second-order valence-electron chi connectivity index (χ2n) is 5.33. The number of nitrogens with two attached hydrogens (primary N) is 1. The van der Waals surface area contributed by atoms with Crippen molar-refractivity contribution in [3.05, 3.63) is 23.3 Å². The molecule has 0 aromatic heterocycles. The maximum atomic E-state index is 6.13. The topological polar surface area (TPSA) is 53.7 Å². The lowest BCUT2D eigenvalue weighted by atomic mass is 9.92. The van der Waals surface area contributed by atoms with E-state index < -0.39 is 0 Å². The Morgan fingerprint density at radius 2 is 2.00 bits per heavy atom. The van der Waals surface area contributed by atoms with Crippen molar-refractivity contribution >= 4 is 0 Å². The van der Waals surface area contributed by atoms with Gasteiger partial charge in [-0.15, -0.1) is 0 Å². The molecule has 1 aromatic carbocycles. The number of methoxy groups -OCH3 is 1. The highest BCUT2D eigenvalue weighted by atomic mass is 16.6. The first kappa shape index (κ1) is 13.2. The molecule has 1 aliphatic rings. The number of fused-ring (bicyclic) bond motifs is 1. The molecule has 0 bridgehead atoms. The Hall–Kier alpha value is -1.26. The SMILES string of the molecule is COCc1ccc2c(c1CC(C)(C)N)OCCO2. The molecule has 0 spiro atoms. The molecule has 0 radical (unpaired) electrons. The second-order valence-corrected chi connectivity index (χ2v) is 5.33. The van der Waals surface area contributed by atoms with Crippen LogP contribution < -0.4 is 15.2 Å². The van der Waals surface area contributed by atoms with Crippen LogP contribution in [0, 0.1) is 0 Å². The molecule has 4 heteroatoms. The smallest absolute Gasteiger partial charge is 0.164 e. The standard InChI is InChI=1S/C14H21NO3/c1-14(2,15)8-11-10(9-16-3)4-5-12-13(11)18-7-6-17-12/h4-5H,6-9,15H2,1-3H3. The lowest BCUT2D eigenvalue weighted by Crippen LogP contribution is -2.35. The van der Waals surface area contributed by atoms with Crippen LogP contribution in [0.4, 0.5) is 0 Å². The third kappa shape index (κ3) is 2.94. The number of hydrogen-bond acceptors (Lipinski definition) is 4. The zero-order chi connectivity index (χ0) is 13.2. The van der Waals surface area contributed by atoms with Crippen LogP contribution in [-0.4, -0.2) is 25.9 Å². The fourth-order valence-corrected chi connectivity index (χ4v) is 2.15. The summed E-state index contributed by atoms with van der Waals surface area (Å²) in [6.45, 7) is 5.75. The van der Waals surface area contributed by atoms with Crippen LogP contribution in [-0.2, 0) is 17.8 Å². The maximum Gasteiger partial charge on any atom is 0.164 e. The van der Waals surface area contributed by atoms with Gasteiger partial charge in [-0.2, -0.15) is 0 Å². The zero-order valence-electron chi connectivity index (χ0n) is 11.3. The molecular weight excluding hydrogens is 230 g/mol. The maximum absolute atomic E-state index is 6.13. The van der Waals surface area contributed by atoms with Gasteiger partial charge in [-0.05, 0) is 31.9 Å². The van der Waals surface area contributed by atoms with E-state index in [0.717, 1.165) is 29.0 Å². The number of ether oxygens (including phenoxy) is 3. The average molecular weight is 251 g/mol. The highest BCUT2D eigenvalue weighted by Crippen LogP contribution is 2.37. The largest absolute Gasteiger partial charge is 0.486 e. The van der Waals surface area contributed by atoms with Crippen molar-refractivity contribution in [2.24, 2.45) is 5.73 Å². The van der Waals surface area contributed by atoms with Crippen LogP contribution in [0.15, 0.2) is 12.1 Å². The summed E-state index contributed by atoms with van der Waals surface area (Å²) in [6, 6.07) is 3.97. The van der Waals surface area contributed by atoms with Crippen molar-refractivity contribution in [1.29, 1.82) is 0 Å². The summed E-state index contributed by atoms with van der Waals surface area (Å²) in [4.78, 5) is 0. The van der Waals surface area contributed by atoms with Crippen LogP contribution in [0.3, 0.4) is 0 Å². The highest BCUT2D eigenvalue weighted by Gasteiger charge is 2.23. The molecule has 0 amide bonds. The van der Waals surface area contributed by atoms with Crippen molar-refractivity contribution in [3.8, 4) is 11.5 Å². The Morgan fingerprint density at radius 3 is 2.67 bits per heavy atom. The summed E-state index contributed by atoms with van der Waals surface area (Å²) in [5.41, 5.74) is 8.05. The predicted octanol–water partition coefficient (Wildman–Crippen LogP) is 1.88. The first-order chi connectivity index (χ1) is 8.51. The number of rotatable bonds is 4. The Kier molecular flexibility index (Phi) is 3.78. The quantitative estimate of drug-likeness (QED) is 0.887. The van der Waals surface area contributed by atoms with Gasteiger partial charge in [0.25, 0.3) is 0 Å². The van der Waals surface area contributed by atoms with Gasteiger partial charge in [0.2, 0.25) is 0 Å². The van der Waals surface area contributed by atoms with Gasteiger partial charge < -0.3 is 19.9 Å². The van der Waals surface area contributed by atoms with Gasteiger partial charge >= 0.3 is 0 Å². The number of hydrogen-bond donors (Lipinski definition) is 1. The first-order valence-corrected chi connectivity index (χ1v) is 6.19. The van der Waals surface area contributed by atoms with E-state index in [1.807, 2.05) is 26.0 Å². The minimum atomic E-state index is -0.293. The molecule has 18 heavy (non-hydrogen) atoms. The van der Waals surface area contributed by atoms with Crippen LogP contribution in [0.2, 0.25) is 0 Å². The summed E-state index contributed by atoms with van der Waals surface area (Å²) >= 11 is 0. The molecule has 0 saturated heterocycles. The first-order valence-electron chi connectivity index (χ1n) is 6.19. The van der Waals surface area contributed by atoms with E-state index >= 15 is 0 Å². The average Bonchev–Trinajstić information content (AvgIpc) is 2.31. The van der Waals surface area contributed by atoms with Crippen molar-refractivity contribution in [2.45, 2.75) is 32.4 Å². The molecule has 1 heterocycles. The molecule has 0 aliphatic carbocycles. The summed E-state index contributed by atoms with van der Waals surface area (Å²) < 4.78 is 16.6. The van der Waals surface area contributed by atoms with Crippen LogP contribution in [0.5, 0.6) is 11.5 Å². The molecule has 2 N–H and O–H groups in total. The van der Waals surface area contributed by atoms with E-state index in [4.69, 9.17) is 19.9 Å². The Labute approximate surface area is 108 Å². The summed E-state index contributed by atoms with van der Waals surface area (Å²) in [5, 5.41) is 0. The van der Waals surface area contributed by atoms with E-state index in [1.54, 1.807) is 7.11 Å². The zero-order valence-corrected chi connectivity index (χ0v) is 11.3. The summed E-state index contributed by atoms with van der Waals surface area (Å²) in [6.07, 6.45) is 0.734. The van der Waals surface area contributed by atoms with Gasteiger partial charge in [-0.3, -0.25) is 0 Å². The molecule has 0 atom stereocenters. The van der Waals surface area contributed by atoms with Gasteiger partial charge in [0, 0.05) is 18.2 Å². The molecule has 100 valence electrons. The predicted molar refractivity (Wildman–Crippen MR) is 70.1 cm³/mol. The molecule has 0 saturated carbocycles. The van der Waals surface area contributed by atoms with Gasteiger partial charge in [-0.25, -0.2) is 0 Å². The Bertz CT molecular complexity index is 424. The second kappa shape index (κ2) is 5.16. The lowest BCUT2D eigenvalue weighted by molar-refractivity contribution is 0.164. The third-order valence-corrected chi connectivity index (χ3v) is 2.84. The summed E-state index contributed by atoms with van der Waals surface area (Å²) in [7, 11) is 1.69. The number of benzene rings is 1. The Balaban J connectivity index is 2.42. The molecule has 0 fully saturated rings. The van der Waals surface area contributed by atoms with Crippen LogP contribution in [0.1, 0.15) is 25.0 Å². The van der Waals surface area contributed by atoms with Crippen molar-refractivity contribution in [1.82, 2.24) is 0 Å². The van der Waals surface area contributed by atoms with Gasteiger partial charge in [0.1, 0.15) is 13.2 Å². The van der Waals surface area contributed by atoms with Gasteiger partial charge in [0.15, 0.2) is 11.5 Å². The molecule has 1 aliphatic heterocycles. The normalized spacial score (nSPS) is 14.7. The highest BCUT2D eigenvalue weighted by molar-refractivity contribution is 5.52. The third-order valence-electron chi connectivity index (χ3n) is 2.84. The van der Waals surface area contributed by atoms with Gasteiger partial charge in [-0.1, -0.05) is 6.07 Å². The van der Waals surface area contributed by atoms with Crippen LogP contribution >= 0.6 is 0 Å². The Morgan fingerprint density at radius 1 is 1.28 bits per heavy atom. The fraction of sp³-hybridized carbons (Fsp3) is 0.571. The fourth-order valence-electron chi connectivity index (χ4n) is 2.15. The molecular formula is C14H21NO3. The van der Waals surface area contributed by atoms with Crippen molar-refractivity contribution in [3.63, 3.8) is 0 Å². The minimum absolute atomic E-state index is 0.293. The molecule has 2 rings (SSSR count). The van der Waals surface area contributed by atoms with Gasteiger partial charge in [0.05, 0.1) is 6.61 Å². The molecule has 0 unspecified atom stereocenters. The molecule has 1 aromatic rings. The monoisotopic (exact) mass is 251 g/mol. The minimum Gasteiger partial charge on any atom is -0.486 e. The van der Waals surface area contributed by atoms with Crippen molar-refractivity contribution in [2.75, 3.05) is 20.3 Å². The van der Waals surface area contributed by atoms with E-state index in [-0.39, 0.29) is 5.54 Å². The van der Waals surface area contributed by atoms with E-state index in [1.165, 1.54) is 0 Å². The van der Waals surface area contributed by atoms with Crippen molar-refractivity contribution < 1.29 is 14.2 Å². The molecule has 4 nitrogen and oxygen atoms in total. The van der Waals surface area contributed by atoms with E-state index in [2.05, 4.69) is 0 Å². The van der Waals surface area contributed by atoms with E-state index in [0.29, 0.717) is 19.8 Å².